The van der Waals surface area contributed by atoms with Gasteiger partial charge in [0.1, 0.15) is 207 Å². The van der Waals surface area contributed by atoms with E-state index in [0.29, 0.717) is 0 Å². The van der Waals surface area contributed by atoms with Gasteiger partial charge in [-0.1, -0.05) is 0 Å². The maximum Gasteiger partial charge on any atom is 0.217 e. The maximum absolute atomic E-state index is 13.4. The van der Waals surface area contributed by atoms with Gasteiger partial charge in [0.25, 0.3) is 0 Å². The number of hydrogen-bond acceptors (Lipinski definition) is 44. The molecule has 0 aromatic rings. The van der Waals surface area contributed by atoms with Gasteiger partial charge >= 0.3 is 0 Å². The fourth-order valence-corrected chi connectivity index (χ4v) is 14.1. The lowest BCUT2D eigenvalue weighted by Crippen LogP contribution is -2.71. The van der Waals surface area contributed by atoms with Gasteiger partial charge in [0.2, 0.25) is 23.6 Å². The van der Waals surface area contributed by atoms with Gasteiger partial charge in [-0.05, 0) is 6.92 Å². The Labute approximate surface area is 618 Å². The minimum atomic E-state index is -2.52. The molecule has 48 nitrogen and oxygen atoms in total. The van der Waals surface area contributed by atoms with Gasteiger partial charge in [-0.3, -0.25) is 19.2 Å². The molecule has 9 fully saturated rings. The van der Waals surface area contributed by atoms with Crippen molar-refractivity contribution in [2.24, 2.45) is 0 Å². The molecular formula is C61H102N4O44. The van der Waals surface area contributed by atoms with Crippen LogP contribution >= 0.6 is 0 Å². The second-order valence-corrected chi connectivity index (χ2v) is 27.7. The summed E-state index contributed by atoms with van der Waals surface area (Å²) in [6, 6.07) is -7.40. The average molecular weight is 1600 g/mol. The molecule has 9 aliphatic heterocycles. The molecule has 4 amide bonds. The fourth-order valence-electron chi connectivity index (χ4n) is 14.1. The average Bonchev–Trinajstić information content (AvgIpc) is 0.761. The van der Waals surface area contributed by atoms with Crippen molar-refractivity contribution in [2.45, 2.75) is 305 Å². The van der Waals surface area contributed by atoms with Crippen molar-refractivity contribution in [3.05, 3.63) is 0 Å². The molecular weight excluding hydrogens is 1490 g/mol. The second-order valence-electron chi connectivity index (χ2n) is 27.7. The number of carbonyl (C=O) groups excluding carboxylic acids is 4. The van der Waals surface area contributed by atoms with E-state index in [1.807, 2.05) is 0 Å². The molecule has 0 spiro atoms. The lowest BCUT2D eigenvalue weighted by molar-refractivity contribution is -0.411. The zero-order valence-electron chi connectivity index (χ0n) is 58.9. The summed E-state index contributed by atoms with van der Waals surface area (Å²) in [5.41, 5.74) is 0. The summed E-state index contributed by atoms with van der Waals surface area (Å²) in [7, 11) is 0. The summed E-state index contributed by atoms with van der Waals surface area (Å²) in [6.07, 6.45) is -83.2. The maximum atomic E-state index is 13.4. The van der Waals surface area contributed by atoms with Crippen LogP contribution in [0, 0.1) is 0 Å². The molecule has 9 saturated heterocycles. The predicted molar refractivity (Wildman–Crippen MR) is 336 cm³/mol. The molecule has 44 atom stereocenters. The SMILES string of the molecule is CC(=O)N[C@@H]1[C@@H](O[C@@H]2O[C@@H](C)[C@@H](O)[C@@H](O)[C@@H]2O)[C@H](O[C@@H]2O[C@H](CO)[C@@H](O[C@@H]3O[C@H](CO[C@H]4O[C@H](CO)[C@@H](O)[C@H](O)[C@@H]4O[C@@H]4O[C@H](CO)[C@@H](O)[C@H](O)[C@H]4NC(C)=O)[C@@H](O)[C@H](O[C@H]4O[C@H](CO)[C@@H](O)[C@H](O)[C@@H]4O[C@@H]4O[C@H](CO)[C@@H](O)[C@H](O)[C@H]4NC(C)=O)[C@@H]3O[C@@H]3OC[C@@H](O)[C@H](O)[C@H]3O)[C@H](O)[C@H]2NC(C)=O)[C@@H](CO)O[C@H]1O. The molecule has 48 heteroatoms. The summed E-state index contributed by atoms with van der Waals surface area (Å²) in [5.74, 6) is -3.60. The van der Waals surface area contributed by atoms with E-state index in [9.17, 15) is 137 Å². The van der Waals surface area contributed by atoms with E-state index < -0.39 is 346 Å². The van der Waals surface area contributed by atoms with E-state index in [2.05, 4.69) is 21.3 Å². The highest BCUT2D eigenvalue weighted by atomic mass is 16.8. The third-order valence-corrected chi connectivity index (χ3v) is 19.9. The van der Waals surface area contributed by atoms with Gasteiger partial charge in [0.15, 0.2) is 56.6 Å². The van der Waals surface area contributed by atoms with E-state index in [1.165, 1.54) is 6.92 Å². The van der Waals surface area contributed by atoms with Crippen LogP contribution in [-0.2, 0) is 99.7 Å². The zero-order valence-corrected chi connectivity index (χ0v) is 58.9. The molecule has 0 aromatic carbocycles. The fraction of sp³-hybridized carbons (Fsp3) is 0.934. The van der Waals surface area contributed by atoms with E-state index in [-0.39, 0.29) is 0 Å². The normalized spacial score (nSPS) is 49.2. The number of aliphatic hydroxyl groups is 23. The third-order valence-electron chi connectivity index (χ3n) is 19.9. The topological polar surface area (TPSA) is 739 Å². The Bertz CT molecular complexity index is 2900. The number of aliphatic hydroxyl groups excluding tert-OH is 23. The quantitative estimate of drug-likeness (QED) is 0.0363. The van der Waals surface area contributed by atoms with E-state index in [0.717, 1.165) is 27.7 Å². The Balaban J connectivity index is 1.14. The molecule has 0 unspecified atom stereocenters. The molecule has 9 heterocycles. The number of carbonyl (C=O) groups is 4. The molecule has 630 valence electrons. The summed E-state index contributed by atoms with van der Waals surface area (Å²) in [5, 5.41) is 266. The molecule has 9 aliphatic rings. The highest BCUT2D eigenvalue weighted by Gasteiger charge is 2.61. The minimum Gasteiger partial charge on any atom is -0.394 e. The lowest BCUT2D eigenvalue weighted by atomic mass is 9.93. The molecule has 109 heavy (non-hydrogen) atoms. The van der Waals surface area contributed by atoms with Crippen molar-refractivity contribution in [1.29, 1.82) is 0 Å². The van der Waals surface area contributed by atoms with Crippen LogP contribution in [0.3, 0.4) is 0 Å². The minimum absolute atomic E-state index is 0.847. The largest absolute Gasteiger partial charge is 0.394 e. The Morgan fingerprint density at radius 1 is 0.294 bits per heavy atom. The Hall–Kier alpha value is -3.72. The number of hydrogen-bond donors (Lipinski definition) is 27. The number of ether oxygens (including phenoxy) is 17. The molecule has 0 radical (unpaired) electrons. The van der Waals surface area contributed by atoms with Crippen LogP contribution in [0.2, 0.25) is 0 Å². The van der Waals surface area contributed by atoms with Gasteiger partial charge in [-0.15, -0.1) is 0 Å². The first kappa shape index (κ1) is 89.2. The van der Waals surface area contributed by atoms with Gasteiger partial charge in [0.05, 0.1) is 59.0 Å². The van der Waals surface area contributed by atoms with E-state index >= 15 is 0 Å². The van der Waals surface area contributed by atoms with Crippen LogP contribution in [-0.4, -0.2) is 464 Å². The van der Waals surface area contributed by atoms with Crippen LogP contribution in [0.4, 0.5) is 0 Å². The standard InChI is InChI=1S/C61H102N4O44/c1-14-31(77)41(87)45(91)58(95-14)105-48-30(65-18(5)75)53(92)96-25(11-71)47(48)104-56-29(64-17(4)74)40(86)46(24(10-70)101-56)103-61-52(109-57-44(90)32(78)19(76)12-93-57)49(106-60-51(43(89)36(82)23(9-69)100-60)108-55-28(63-16(3)73)39(85)34(80)21(7-67)98-55)37(83)26(102-61)13-94-59-50(42(88)35(81)22(8-68)99-59)107-54-27(62-15(2)72)38(84)33(79)20(6-66)97-54/h14,19-61,66-71,76-92H,6-13H2,1-5H3,(H,62,72)(H,63,73)(H,64,74)(H,65,75)/t14-,19+,20+,21+,22+,23+,24+,25+,26+,27+,28+,29+,30+,31+,32-,33+,34+,35+,36+,37+,38+,39+,40+,41+,42-,43-,44+,45-,46+,47+,48+,49-,50-,51-,52-,53+,54-,55-,56-,57-,58-,59-,60+,61-/m0/s1. The van der Waals surface area contributed by atoms with Crippen molar-refractivity contribution in [2.75, 3.05) is 52.9 Å². The van der Waals surface area contributed by atoms with Crippen molar-refractivity contribution in [3.8, 4) is 0 Å². The van der Waals surface area contributed by atoms with Gasteiger partial charge < -0.3 is 219 Å². The van der Waals surface area contributed by atoms with Gasteiger partial charge in [-0.25, -0.2) is 0 Å². The summed E-state index contributed by atoms with van der Waals surface area (Å²) < 4.78 is 103. The van der Waals surface area contributed by atoms with Crippen LogP contribution in [0.5, 0.6) is 0 Å². The highest BCUT2D eigenvalue weighted by molar-refractivity contribution is 5.74. The summed E-state index contributed by atoms with van der Waals surface area (Å²) >= 11 is 0. The van der Waals surface area contributed by atoms with Crippen molar-refractivity contribution in [3.63, 3.8) is 0 Å². The molecule has 0 bridgehead atoms. The van der Waals surface area contributed by atoms with Crippen molar-refractivity contribution in [1.82, 2.24) is 21.3 Å². The van der Waals surface area contributed by atoms with Gasteiger partial charge in [-0.2, -0.15) is 0 Å². The second kappa shape index (κ2) is 38.8. The predicted octanol–water partition coefficient (Wildman–Crippen LogP) is -18.4. The van der Waals surface area contributed by atoms with Crippen molar-refractivity contribution < 1.29 is 217 Å². The smallest absolute Gasteiger partial charge is 0.217 e. The van der Waals surface area contributed by atoms with Crippen LogP contribution in [0.25, 0.3) is 0 Å². The van der Waals surface area contributed by atoms with E-state index in [1.54, 1.807) is 0 Å². The van der Waals surface area contributed by atoms with Gasteiger partial charge in [0, 0.05) is 27.7 Å². The number of nitrogens with one attached hydrogen (secondary N) is 4. The summed E-state index contributed by atoms with van der Waals surface area (Å²) in [4.78, 5) is 51.2. The lowest BCUT2D eigenvalue weighted by Gasteiger charge is -2.52. The monoisotopic (exact) mass is 1590 g/mol. The molecule has 0 aliphatic carbocycles. The first-order valence-electron chi connectivity index (χ1n) is 34.9. The molecule has 27 N–H and O–H groups in total. The van der Waals surface area contributed by atoms with E-state index in [4.69, 9.17) is 80.5 Å². The first-order valence-corrected chi connectivity index (χ1v) is 34.9. The Morgan fingerprint density at radius 2 is 0.651 bits per heavy atom. The van der Waals surface area contributed by atoms with Crippen LogP contribution in [0.15, 0.2) is 0 Å². The van der Waals surface area contributed by atoms with Crippen LogP contribution in [0.1, 0.15) is 34.6 Å². The zero-order chi connectivity index (χ0) is 80.2. The highest BCUT2D eigenvalue weighted by Crippen LogP contribution is 2.41. The van der Waals surface area contributed by atoms with Crippen molar-refractivity contribution >= 4 is 23.6 Å². The molecule has 0 aromatic heterocycles. The molecule has 9 rings (SSSR count). The Kier molecular flexibility index (Phi) is 31.8. The Morgan fingerprint density at radius 3 is 1.14 bits per heavy atom. The third kappa shape index (κ3) is 19.9. The summed E-state index contributed by atoms with van der Waals surface area (Å²) in [6.45, 7) is -3.58. The number of rotatable bonds is 27. The first-order chi connectivity index (χ1) is 51.5. The van der Waals surface area contributed by atoms with Crippen LogP contribution < -0.4 is 21.3 Å². The molecule has 0 saturated carbocycles. The number of amides is 4.